The summed E-state index contributed by atoms with van der Waals surface area (Å²) in [6.07, 6.45) is -2.36. The third kappa shape index (κ3) is 8.53. The van der Waals surface area contributed by atoms with Gasteiger partial charge in [-0.15, -0.1) is 24.0 Å². The second-order valence-corrected chi connectivity index (χ2v) is 6.15. The van der Waals surface area contributed by atoms with Crippen molar-refractivity contribution in [2.75, 3.05) is 32.8 Å². The molecule has 0 atom stereocenters. The highest BCUT2D eigenvalue weighted by molar-refractivity contribution is 14.0. The van der Waals surface area contributed by atoms with E-state index in [9.17, 15) is 18.0 Å². The van der Waals surface area contributed by atoms with Crippen LogP contribution in [0.4, 0.5) is 13.2 Å². The first-order valence-corrected chi connectivity index (χ1v) is 8.96. The Hall–Kier alpha value is -1.72. The number of amides is 1. The van der Waals surface area contributed by atoms with Gasteiger partial charge in [0.05, 0.1) is 13.1 Å². The third-order valence-corrected chi connectivity index (χ3v) is 3.98. The number of hydrogen-bond acceptors (Lipinski definition) is 3. The summed E-state index contributed by atoms with van der Waals surface area (Å²) in [4.78, 5) is 18.3. The molecule has 1 aliphatic heterocycles. The van der Waals surface area contributed by atoms with Gasteiger partial charge in [-0.3, -0.25) is 4.79 Å². The molecule has 2 rings (SSSR count). The minimum atomic E-state index is -4.40. The van der Waals surface area contributed by atoms with E-state index in [0.29, 0.717) is 18.1 Å². The number of benzene rings is 1. The Morgan fingerprint density at radius 1 is 1.21 bits per heavy atom. The predicted octanol–water partition coefficient (Wildman–Crippen LogP) is 2.92. The summed E-state index contributed by atoms with van der Waals surface area (Å²) in [6.45, 7) is 2.93. The molecule has 0 bridgehead atoms. The van der Waals surface area contributed by atoms with E-state index in [2.05, 4.69) is 15.6 Å². The number of para-hydroxylation sites is 1. The number of aliphatic imine (C=N–C) groups is 1. The van der Waals surface area contributed by atoms with Crippen LogP contribution in [0.2, 0.25) is 0 Å². The zero-order valence-electron chi connectivity index (χ0n) is 15.7. The summed E-state index contributed by atoms with van der Waals surface area (Å²) >= 11 is 0. The summed E-state index contributed by atoms with van der Waals surface area (Å²) in [6, 6.07) is 6.46. The molecule has 6 nitrogen and oxygen atoms in total. The van der Waals surface area contributed by atoms with Gasteiger partial charge in [-0.1, -0.05) is 18.2 Å². The van der Waals surface area contributed by atoms with Crippen LogP contribution in [-0.2, 0) is 11.3 Å². The molecule has 10 heteroatoms. The van der Waals surface area contributed by atoms with E-state index in [1.54, 1.807) is 23.1 Å². The second-order valence-electron chi connectivity index (χ2n) is 6.15. The fourth-order valence-electron chi connectivity index (χ4n) is 2.68. The van der Waals surface area contributed by atoms with E-state index in [1.807, 2.05) is 6.92 Å². The van der Waals surface area contributed by atoms with E-state index in [-0.39, 0.29) is 48.7 Å². The Morgan fingerprint density at radius 2 is 1.89 bits per heavy atom. The van der Waals surface area contributed by atoms with E-state index >= 15 is 0 Å². The molecule has 1 fully saturated rings. The fourth-order valence-corrected chi connectivity index (χ4v) is 2.68. The Morgan fingerprint density at radius 3 is 2.54 bits per heavy atom. The molecular formula is C18H26F3IN4O2. The van der Waals surface area contributed by atoms with Crippen LogP contribution in [0.15, 0.2) is 29.3 Å². The minimum Gasteiger partial charge on any atom is -0.484 e. The number of carbonyl (C=O) groups excluding carboxylic acids is 1. The maximum Gasteiger partial charge on any atom is 0.422 e. The number of likely N-dealkylation sites (tertiary alicyclic amines) is 1. The molecule has 0 aliphatic carbocycles. The van der Waals surface area contributed by atoms with Gasteiger partial charge in [0.2, 0.25) is 5.91 Å². The first-order chi connectivity index (χ1) is 12.9. The molecule has 1 amide bonds. The van der Waals surface area contributed by atoms with Crippen molar-refractivity contribution in [1.82, 2.24) is 15.5 Å². The van der Waals surface area contributed by atoms with Gasteiger partial charge in [0.1, 0.15) is 5.75 Å². The van der Waals surface area contributed by atoms with Crippen molar-refractivity contribution in [1.29, 1.82) is 0 Å². The molecule has 28 heavy (non-hydrogen) atoms. The fraction of sp³-hybridized carbons (Fsp3) is 0.556. The molecule has 0 aromatic heterocycles. The normalized spacial score (nSPS) is 14.4. The second kappa shape index (κ2) is 12.0. The van der Waals surface area contributed by atoms with Crippen molar-refractivity contribution in [2.45, 2.75) is 32.5 Å². The number of nitrogens with one attached hydrogen (secondary N) is 2. The number of nitrogens with zero attached hydrogens (tertiary/aromatic N) is 2. The van der Waals surface area contributed by atoms with Crippen LogP contribution >= 0.6 is 24.0 Å². The molecular weight excluding hydrogens is 488 g/mol. The van der Waals surface area contributed by atoms with Gasteiger partial charge < -0.3 is 20.3 Å². The lowest BCUT2D eigenvalue weighted by atomic mass is 10.2. The molecule has 0 unspecified atom stereocenters. The standard InChI is InChI=1S/C18H25F3N4O2.HI/c1-2-22-17(24-12-16(26)25-9-5-6-10-25)23-11-14-7-3-4-8-15(14)27-13-18(19,20)21;/h3-4,7-8H,2,5-6,9-13H2,1H3,(H2,22,23,24);1H. The summed E-state index contributed by atoms with van der Waals surface area (Å²) < 4.78 is 42.0. The number of hydrogen-bond donors (Lipinski definition) is 2. The molecule has 1 heterocycles. The molecule has 158 valence electrons. The van der Waals surface area contributed by atoms with Crippen LogP contribution in [0, 0.1) is 0 Å². The average Bonchev–Trinajstić information content (AvgIpc) is 3.17. The topological polar surface area (TPSA) is 66.0 Å². The maximum atomic E-state index is 12.4. The molecule has 2 N–H and O–H groups in total. The van der Waals surface area contributed by atoms with Gasteiger partial charge >= 0.3 is 6.18 Å². The highest BCUT2D eigenvalue weighted by atomic mass is 127. The molecule has 1 saturated heterocycles. The number of ether oxygens (including phenoxy) is 1. The summed E-state index contributed by atoms with van der Waals surface area (Å²) in [7, 11) is 0. The van der Waals surface area contributed by atoms with Gasteiger partial charge in [0.15, 0.2) is 12.6 Å². The quantitative estimate of drug-likeness (QED) is 0.334. The Bertz CT molecular complexity index is 650. The van der Waals surface area contributed by atoms with Gasteiger partial charge in [-0.25, -0.2) is 4.99 Å². The van der Waals surface area contributed by atoms with Crippen molar-refractivity contribution in [3.63, 3.8) is 0 Å². The lowest BCUT2D eigenvalue weighted by Crippen LogP contribution is -2.44. The Kier molecular flexibility index (Phi) is 10.4. The number of carbonyl (C=O) groups is 1. The van der Waals surface area contributed by atoms with Crippen molar-refractivity contribution in [3.8, 4) is 5.75 Å². The highest BCUT2D eigenvalue weighted by Crippen LogP contribution is 2.22. The average molecular weight is 514 g/mol. The zero-order chi connectivity index (χ0) is 19.7. The predicted molar refractivity (Wildman–Crippen MR) is 112 cm³/mol. The van der Waals surface area contributed by atoms with Crippen LogP contribution in [0.5, 0.6) is 5.75 Å². The number of alkyl halides is 3. The Balaban J connectivity index is 0.00000392. The van der Waals surface area contributed by atoms with E-state index in [1.165, 1.54) is 6.07 Å². The maximum absolute atomic E-state index is 12.4. The minimum absolute atomic E-state index is 0. The molecule has 0 spiro atoms. The monoisotopic (exact) mass is 514 g/mol. The van der Waals surface area contributed by atoms with Crippen LogP contribution in [0.1, 0.15) is 25.3 Å². The van der Waals surface area contributed by atoms with Crippen molar-refractivity contribution < 1.29 is 22.7 Å². The SMILES string of the molecule is CCNC(=NCc1ccccc1OCC(F)(F)F)NCC(=O)N1CCCC1.I. The smallest absolute Gasteiger partial charge is 0.422 e. The van der Waals surface area contributed by atoms with Crippen molar-refractivity contribution in [3.05, 3.63) is 29.8 Å². The summed E-state index contributed by atoms with van der Waals surface area (Å²) in [5.74, 6) is 0.574. The Labute approximate surface area is 179 Å². The summed E-state index contributed by atoms with van der Waals surface area (Å²) in [5.41, 5.74) is 0.532. The summed E-state index contributed by atoms with van der Waals surface area (Å²) in [5, 5.41) is 5.99. The highest BCUT2D eigenvalue weighted by Gasteiger charge is 2.28. The molecule has 1 aromatic carbocycles. The van der Waals surface area contributed by atoms with E-state index in [4.69, 9.17) is 4.74 Å². The molecule has 1 aromatic rings. The van der Waals surface area contributed by atoms with Crippen LogP contribution in [0.25, 0.3) is 0 Å². The van der Waals surface area contributed by atoms with Crippen LogP contribution in [-0.4, -0.2) is 55.7 Å². The lowest BCUT2D eigenvalue weighted by Gasteiger charge is -2.17. The number of rotatable bonds is 7. The van der Waals surface area contributed by atoms with Gasteiger partial charge in [0.25, 0.3) is 0 Å². The van der Waals surface area contributed by atoms with E-state index in [0.717, 1.165) is 25.9 Å². The number of guanidine groups is 1. The largest absolute Gasteiger partial charge is 0.484 e. The zero-order valence-corrected chi connectivity index (χ0v) is 18.0. The number of halogens is 4. The van der Waals surface area contributed by atoms with Gasteiger partial charge in [-0.2, -0.15) is 13.2 Å². The third-order valence-electron chi connectivity index (χ3n) is 3.98. The van der Waals surface area contributed by atoms with Crippen molar-refractivity contribution in [2.24, 2.45) is 4.99 Å². The van der Waals surface area contributed by atoms with E-state index < -0.39 is 12.8 Å². The van der Waals surface area contributed by atoms with Crippen molar-refractivity contribution >= 4 is 35.8 Å². The lowest BCUT2D eigenvalue weighted by molar-refractivity contribution is -0.153. The molecule has 0 saturated carbocycles. The van der Waals surface area contributed by atoms with Gasteiger partial charge in [0, 0.05) is 25.2 Å². The van der Waals surface area contributed by atoms with Crippen LogP contribution in [0.3, 0.4) is 0 Å². The van der Waals surface area contributed by atoms with Gasteiger partial charge in [-0.05, 0) is 25.8 Å². The first-order valence-electron chi connectivity index (χ1n) is 8.96. The molecule has 0 radical (unpaired) electrons. The van der Waals surface area contributed by atoms with Crippen LogP contribution < -0.4 is 15.4 Å². The first kappa shape index (κ1) is 24.3. The molecule has 1 aliphatic rings.